The van der Waals surface area contributed by atoms with Crippen LogP contribution in [0.3, 0.4) is 0 Å². The van der Waals surface area contributed by atoms with Crippen LogP contribution in [0.1, 0.15) is 6.92 Å². The second kappa shape index (κ2) is 5.01. The molecule has 0 atom stereocenters. The van der Waals surface area contributed by atoms with E-state index in [0.29, 0.717) is 6.61 Å². The molecular weight excluding hydrogens is 200 g/mol. The van der Waals surface area contributed by atoms with Crippen LogP contribution in [0.4, 0.5) is 0 Å². The first-order valence-corrected chi connectivity index (χ1v) is 7.50. The maximum Gasteiger partial charge on any atom is 0.0205 e. The van der Waals surface area contributed by atoms with Gasteiger partial charge < -0.3 is 4.18 Å². The molecule has 0 fully saturated rings. The van der Waals surface area contributed by atoms with Crippen LogP contribution in [0.25, 0.3) is 0 Å². The Labute approximate surface area is 65.9 Å². The lowest BCUT2D eigenvalue weighted by atomic mass is 10.9. The second-order valence-electron chi connectivity index (χ2n) is 0.815. The highest BCUT2D eigenvalue weighted by molar-refractivity contribution is 8.71. The quantitative estimate of drug-likeness (QED) is 0.606. The van der Waals surface area contributed by atoms with Crippen LogP contribution in [0, 0.1) is 0 Å². The third kappa shape index (κ3) is 4.11. The summed E-state index contributed by atoms with van der Waals surface area (Å²) in [5.41, 5.74) is 0. The van der Waals surface area contributed by atoms with Crippen molar-refractivity contribution in [3.8, 4) is 0 Å². The maximum atomic E-state index is 4.95. The lowest BCUT2D eigenvalue weighted by Gasteiger charge is -2.01. The van der Waals surface area contributed by atoms with Crippen molar-refractivity contribution in [3.05, 3.63) is 0 Å². The monoisotopic (exact) mass is 205 g/mol. The fourth-order valence-corrected chi connectivity index (χ4v) is 1.93. The summed E-state index contributed by atoms with van der Waals surface area (Å²) in [5.74, 6) is 0. The average Bonchev–Trinajstić information content (AvgIpc) is 1.67. The molecule has 0 bridgehead atoms. The highest BCUT2D eigenvalue weighted by atomic mass is 33.4. The molecule has 0 aliphatic heterocycles. The van der Waals surface area contributed by atoms with E-state index in [1.54, 1.807) is 0 Å². The summed E-state index contributed by atoms with van der Waals surface area (Å²) in [6.07, 6.45) is 0. The van der Waals surface area contributed by atoms with E-state index in [-0.39, 0.29) is 0 Å². The first-order valence-electron chi connectivity index (χ1n) is 1.83. The van der Waals surface area contributed by atoms with E-state index in [1.807, 2.05) is 6.92 Å². The summed E-state index contributed by atoms with van der Waals surface area (Å²) in [7, 11) is -0.581. The molecule has 0 unspecified atom stereocenters. The lowest BCUT2D eigenvalue weighted by molar-refractivity contribution is 0.405. The van der Waals surface area contributed by atoms with Crippen molar-refractivity contribution in [2.24, 2.45) is 0 Å². The van der Waals surface area contributed by atoms with Crippen LogP contribution in [0.15, 0.2) is 0 Å². The van der Waals surface area contributed by atoms with Crippen molar-refractivity contribution < 1.29 is 4.18 Å². The van der Waals surface area contributed by atoms with Gasteiger partial charge in [0.2, 0.25) is 0 Å². The summed E-state index contributed by atoms with van der Waals surface area (Å²) in [6.45, 7) is 1.92. The van der Waals surface area contributed by atoms with E-state index in [0.717, 1.165) is 0 Å². The predicted octanol–water partition coefficient (Wildman–Crippen LogP) is 0.475. The molecule has 0 spiro atoms. The Morgan fingerprint density at radius 2 is 2.12 bits per heavy atom. The molecule has 0 aliphatic rings. The van der Waals surface area contributed by atoms with Gasteiger partial charge in [-0.25, -0.2) is 19.5 Å². The third-order valence-corrected chi connectivity index (χ3v) is 7.22. The van der Waals surface area contributed by atoms with Gasteiger partial charge in [-0.3, -0.25) is 0 Å². The van der Waals surface area contributed by atoms with Crippen LogP contribution >= 0.6 is 0 Å². The molecule has 0 heterocycles. The van der Waals surface area contributed by atoms with Crippen molar-refractivity contribution >= 4 is 48.4 Å². The smallest absolute Gasteiger partial charge is 0.0205 e. The first kappa shape index (κ1) is 9.19. The van der Waals surface area contributed by atoms with Crippen molar-refractivity contribution in [2.45, 2.75) is 6.92 Å². The maximum absolute atomic E-state index is 4.95. The van der Waals surface area contributed by atoms with Gasteiger partial charge in [-0.05, 0) is 29.3 Å². The predicted molar refractivity (Wildman–Crippen MR) is 48.5 cm³/mol. The molecule has 1 nitrogen and oxygen atoms in total. The van der Waals surface area contributed by atoms with Crippen LogP contribution in [0.2, 0.25) is 0 Å². The van der Waals surface area contributed by atoms with Crippen molar-refractivity contribution in [3.63, 3.8) is 0 Å². The van der Waals surface area contributed by atoms with Crippen LogP contribution in [0.5, 0.6) is 0 Å². The van der Waals surface area contributed by atoms with Crippen molar-refractivity contribution in [1.29, 1.82) is 0 Å². The van der Waals surface area contributed by atoms with Gasteiger partial charge in [0.05, 0.1) is 0 Å². The standard InChI is InChI=1S/C2H5OS5/c1-2-3-7(4)8(5)6/h2H2,1H3/q-1. The first-order chi connectivity index (χ1) is 3.68. The number of hydrogen-bond donors (Lipinski definition) is 0. The minimum atomic E-state index is -0.581. The van der Waals surface area contributed by atoms with E-state index < -0.39 is 14.9 Å². The summed E-state index contributed by atoms with van der Waals surface area (Å²) in [6, 6.07) is 0. The van der Waals surface area contributed by atoms with Crippen LogP contribution in [-0.4, -0.2) is 6.61 Å². The van der Waals surface area contributed by atoms with Gasteiger partial charge in [0, 0.05) is 6.61 Å². The lowest BCUT2D eigenvalue weighted by Crippen LogP contribution is -1.83. The van der Waals surface area contributed by atoms with Gasteiger partial charge in [-0.15, -0.1) is 0 Å². The molecule has 0 rings (SSSR count). The van der Waals surface area contributed by atoms with Gasteiger partial charge >= 0.3 is 0 Å². The molecule has 0 radical (unpaired) electrons. The molecule has 6 heteroatoms. The largest absolute Gasteiger partial charge is 0.467 e. The second-order valence-corrected chi connectivity index (χ2v) is 9.22. The van der Waals surface area contributed by atoms with E-state index in [9.17, 15) is 0 Å². The number of rotatable bonds is 2. The van der Waals surface area contributed by atoms with E-state index >= 15 is 0 Å². The summed E-state index contributed by atoms with van der Waals surface area (Å²) in [5, 5.41) is 0. The molecule has 0 N–H and O–H groups in total. The molecule has 0 aromatic rings. The van der Waals surface area contributed by atoms with E-state index in [1.165, 1.54) is 0 Å². The molecule has 0 aromatic carbocycles. The Morgan fingerprint density at radius 3 is 2.25 bits per heavy atom. The van der Waals surface area contributed by atoms with Gasteiger partial charge in [0.15, 0.2) is 0 Å². The number of hydrogen-bond acceptors (Lipinski definition) is 5. The average molecular weight is 205 g/mol. The Morgan fingerprint density at radius 1 is 1.62 bits per heavy atom. The summed E-state index contributed by atoms with van der Waals surface area (Å²) in [4.78, 5) is 0. The molecule has 0 saturated heterocycles. The SMILES string of the molecule is CCO[S-](=S)=S(=S)=S. The fraction of sp³-hybridized carbons (Fsp3) is 1.00. The zero-order valence-electron chi connectivity index (χ0n) is 4.16. The van der Waals surface area contributed by atoms with E-state index in [4.69, 9.17) is 37.7 Å². The Balaban J connectivity index is 4.28. The molecule has 0 aromatic heterocycles. The van der Waals surface area contributed by atoms with Gasteiger partial charge in [-0.1, -0.05) is 0 Å². The van der Waals surface area contributed by atoms with E-state index in [2.05, 4.69) is 0 Å². The molecule has 0 amide bonds. The fourth-order valence-electron chi connectivity index (χ4n) is 0.136. The zero-order valence-corrected chi connectivity index (χ0v) is 8.24. The normalized spacial score (nSPS) is 9.75. The minimum Gasteiger partial charge on any atom is -0.467 e. The Kier molecular flexibility index (Phi) is 5.76. The highest BCUT2D eigenvalue weighted by Gasteiger charge is 1.57. The molecule has 0 saturated carbocycles. The zero-order chi connectivity index (χ0) is 6.57. The Hall–Kier alpha value is 1.19. The summed E-state index contributed by atoms with van der Waals surface area (Å²) < 4.78 is 4.95. The highest BCUT2D eigenvalue weighted by Crippen LogP contribution is 1.72. The third-order valence-electron chi connectivity index (χ3n) is 0.325. The molecule has 0 aliphatic carbocycles. The topological polar surface area (TPSA) is 9.23 Å². The molecule has 50 valence electrons. The van der Waals surface area contributed by atoms with Gasteiger partial charge in [-0.2, -0.15) is 6.57 Å². The van der Waals surface area contributed by atoms with Crippen molar-refractivity contribution in [1.82, 2.24) is 0 Å². The van der Waals surface area contributed by atoms with Crippen LogP contribution < -0.4 is 0 Å². The molecular formula is C2H5OS5-. The molecule has 8 heavy (non-hydrogen) atoms. The van der Waals surface area contributed by atoms with Crippen LogP contribution in [-0.2, 0) is 52.6 Å². The van der Waals surface area contributed by atoms with Crippen molar-refractivity contribution in [2.75, 3.05) is 6.61 Å². The van der Waals surface area contributed by atoms with Gasteiger partial charge in [0.25, 0.3) is 0 Å². The van der Waals surface area contributed by atoms with Gasteiger partial charge in [0.1, 0.15) is 0 Å². The summed E-state index contributed by atoms with van der Waals surface area (Å²) >= 11 is 14.2. The Bertz CT molecular complexity index is 209. The minimum absolute atomic E-state index is 0.573.